The summed E-state index contributed by atoms with van der Waals surface area (Å²) in [6.45, 7) is 23.3. The fraction of sp³-hybridized carbons (Fsp3) is 0.383. The third kappa shape index (κ3) is 5.57. The normalized spacial score (nSPS) is 17.5. The zero-order valence-corrected chi connectivity index (χ0v) is 35.4. The van der Waals surface area contributed by atoms with Crippen molar-refractivity contribution in [2.24, 2.45) is 0 Å². The van der Waals surface area contributed by atoms with Gasteiger partial charge in [-0.05, 0) is 0 Å². The molecule has 6 rings (SSSR count). The third-order valence-corrected chi connectivity index (χ3v) is 40.4. The molecule has 0 heterocycles. The predicted molar refractivity (Wildman–Crippen MR) is 211 cm³/mol. The summed E-state index contributed by atoms with van der Waals surface area (Å²) >= 11 is -4.05. The molecule has 4 aromatic carbocycles. The van der Waals surface area contributed by atoms with Gasteiger partial charge in [0.15, 0.2) is 0 Å². The van der Waals surface area contributed by atoms with Crippen molar-refractivity contribution in [3.63, 3.8) is 0 Å². The molecule has 4 aromatic rings. The van der Waals surface area contributed by atoms with Gasteiger partial charge in [-0.2, -0.15) is 0 Å². The number of hydrogen-bond acceptors (Lipinski definition) is 0. The fourth-order valence-corrected chi connectivity index (χ4v) is 35.8. The number of aryl methyl sites for hydroxylation is 2. The second-order valence-corrected chi connectivity index (χ2v) is 43.5. The van der Waals surface area contributed by atoms with Crippen LogP contribution in [0.15, 0.2) is 84.9 Å². The van der Waals surface area contributed by atoms with Crippen LogP contribution in [0.1, 0.15) is 120 Å². The summed E-state index contributed by atoms with van der Waals surface area (Å²) in [7, 11) is 0. The van der Waals surface area contributed by atoms with Crippen LogP contribution in [0.5, 0.6) is 0 Å². The van der Waals surface area contributed by atoms with Crippen molar-refractivity contribution in [1.82, 2.24) is 0 Å². The Hall–Kier alpha value is -2.90. The molecule has 0 bridgehead atoms. The van der Waals surface area contributed by atoms with Crippen LogP contribution in [-0.4, -0.2) is 3.26 Å². The average Bonchev–Trinajstić information content (AvgIpc) is 3.67. The summed E-state index contributed by atoms with van der Waals surface area (Å²) in [5.41, 5.74) is 17.3. The molecule has 1 heteroatoms. The van der Waals surface area contributed by atoms with Crippen LogP contribution in [0.3, 0.4) is 0 Å². The predicted octanol–water partition coefficient (Wildman–Crippen LogP) is 13.8. The third-order valence-electron chi connectivity index (χ3n) is 12.5. The first-order valence-corrected chi connectivity index (χ1v) is 31.5. The number of allylic oxidation sites excluding steroid dienone is 2. The van der Waals surface area contributed by atoms with Crippen molar-refractivity contribution < 1.29 is 18.0 Å². The zero-order valence-electron chi connectivity index (χ0n) is 31.8. The Bertz CT molecular complexity index is 1900. The van der Waals surface area contributed by atoms with E-state index in [0.717, 1.165) is 0 Å². The van der Waals surface area contributed by atoms with Gasteiger partial charge in [0.1, 0.15) is 0 Å². The average molecular weight is 801 g/mol. The van der Waals surface area contributed by atoms with E-state index < -0.39 is 18.0 Å². The summed E-state index contributed by atoms with van der Waals surface area (Å²) in [6, 6.07) is 28.6. The van der Waals surface area contributed by atoms with E-state index in [1.807, 2.05) is 3.26 Å². The summed E-state index contributed by atoms with van der Waals surface area (Å²) in [5, 5.41) is 0. The van der Waals surface area contributed by atoms with Gasteiger partial charge >= 0.3 is 295 Å². The molecule has 0 saturated heterocycles. The van der Waals surface area contributed by atoms with E-state index in [9.17, 15) is 0 Å². The van der Waals surface area contributed by atoms with Crippen molar-refractivity contribution in [3.05, 3.63) is 129 Å². The standard InChI is InChI=1S/2C20H21.C5H10.2CH3.Hf/c2*1-14-13-16(20(2,3)4)11-12-17(14)19-10-6-8-15-7-5-9-18(15)19;1-3-5-4-2;;;/h2*5-13H,1-4H3;3-4H2,1-2H3;2*1H3;. The molecule has 2 aliphatic rings. The van der Waals surface area contributed by atoms with Crippen LogP contribution in [-0.2, 0) is 28.8 Å². The molecule has 0 aromatic heterocycles. The van der Waals surface area contributed by atoms with Gasteiger partial charge in [0.05, 0.1) is 0 Å². The van der Waals surface area contributed by atoms with Crippen LogP contribution in [0.4, 0.5) is 0 Å². The van der Waals surface area contributed by atoms with Crippen LogP contribution >= 0.6 is 0 Å². The maximum atomic E-state index is 2.81. The molecule has 0 saturated carbocycles. The Morgan fingerprint density at radius 2 is 0.958 bits per heavy atom. The molecule has 0 aliphatic heterocycles. The fourth-order valence-electron chi connectivity index (χ4n) is 9.56. The molecule has 250 valence electrons. The molecule has 2 unspecified atom stereocenters. The van der Waals surface area contributed by atoms with Crippen LogP contribution in [0.25, 0.3) is 34.4 Å². The topological polar surface area (TPSA) is 0 Å². The van der Waals surface area contributed by atoms with Crippen molar-refractivity contribution in [1.29, 1.82) is 0 Å². The SMILES string of the molecule is CC[C](CC)=[Hf]([CH3])([CH3])([CH]1C=Cc2c(-c3ccc(C(C)(C)C)cc3C)cccc21)[CH]1C=Cc2c(-c3ccc(C(C)(C)C)cc3C)cccc21. The quantitative estimate of drug-likeness (QED) is 0.170. The summed E-state index contributed by atoms with van der Waals surface area (Å²) in [6.07, 6.45) is 12.6. The van der Waals surface area contributed by atoms with Gasteiger partial charge in [0.2, 0.25) is 0 Å². The van der Waals surface area contributed by atoms with E-state index in [1.54, 1.807) is 11.1 Å². The van der Waals surface area contributed by atoms with Crippen molar-refractivity contribution >= 4 is 15.4 Å². The molecule has 0 amide bonds. The first-order valence-electron chi connectivity index (χ1n) is 18.4. The molecule has 2 aliphatic carbocycles. The van der Waals surface area contributed by atoms with Gasteiger partial charge in [-0.3, -0.25) is 0 Å². The Labute approximate surface area is 293 Å². The molecular weight excluding hydrogens is 743 g/mol. The van der Waals surface area contributed by atoms with E-state index in [1.165, 1.54) is 68.5 Å². The Morgan fingerprint density at radius 1 is 0.562 bits per heavy atom. The zero-order chi connectivity index (χ0) is 34.8. The first kappa shape index (κ1) is 34.9. The molecule has 0 N–H and O–H groups in total. The molecule has 48 heavy (non-hydrogen) atoms. The Balaban J connectivity index is 1.50. The Kier molecular flexibility index (Phi) is 8.85. The summed E-state index contributed by atoms with van der Waals surface area (Å²) in [4.78, 5) is 0. The van der Waals surface area contributed by atoms with Gasteiger partial charge < -0.3 is 0 Å². The van der Waals surface area contributed by atoms with Gasteiger partial charge in [-0.1, -0.05) is 0 Å². The van der Waals surface area contributed by atoms with Gasteiger partial charge in [0, 0.05) is 0 Å². The number of hydrogen-bond donors (Lipinski definition) is 0. The van der Waals surface area contributed by atoms with Crippen molar-refractivity contribution in [2.75, 3.05) is 0 Å². The molecule has 0 radical (unpaired) electrons. The minimum absolute atomic E-state index is 0.143. The summed E-state index contributed by atoms with van der Waals surface area (Å²) in [5.74, 6) is 0. The second-order valence-electron chi connectivity index (χ2n) is 17.8. The van der Waals surface area contributed by atoms with E-state index in [2.05, 4.69) is 176 Å². The first-order chi connectivity index (χ1) is 22.5. The number of rotatable bonds is 6. The van der Waals surface area contributed by atoms with Gasteiger partial charge in [0.25, 0.3) is 0 Å². The molecular formula is C47H58Hf. The van der Waals surface area contributed by atoms with Crippen LogP contribution in [0, 0.1) is 13.8 Å². The maximum absolute atomic E-state index is 4.05. The minimum atomic E-state index is -4.05. The van der Waals surface area contributed by atoms with E-state index in [-0.39, 0.29) is 10.8 Å². The van der Waals surface area contributed by atoms with E-state index in [4.69, 9.17) is 0 Å². The van der Waals surface area contributed by atoms with E-state index >= 15 is 0 Å². The molecule has 0 nitrogen and oxygen atoms in total. The van der Waals surface area contributed by atoms with Crippen LogP contribution in [0.2, 0.25) is 9.36 Å². The molecule has 0 fully saturated rings. The van der Waals surface area contributed by atoms with E-state index in [0.29, 0.717) is 7.35 Å². The molecule has 2 atom stereocenters. The number of fused-ring (bicyclic) bond motifs is 2. The monoisotopic (exact) mass is 802 g/mol. The molecule has 0 spiro atoms. The summed E-state index contributed by atoms with van der Waals surface area (Å²) < 4.78 is 8.40. The van der Waals surface area contributed by atoms with Gasteiger partial charge in [-0.25, -0.2) is 0 Å². The van der Waals surface area contributed by atoms with Crippen LogP contribution < -0.4 is 0 Å². The van der Waals surface area contributed by atoms with Crippen molar-refractivity contribution in [2.45, 2.75) is 110 Å². The second kappa shape index (κ2) is 12.2. The number of benzene rings is 4. The van der Waals surface area contributed by atoms with Crippen molar-refractivity contribution in [3.8, 4) is 22.3 Å². The van der Waals surface area contributed by atoms with Gasteiger partial charge in [-0.15, -0.1) is 0 Å². The Morgan fingerprint density at radius 3 is 1.29 bits per heavy atom.